The second kappa shape index (κ2) is 6.79. The van der Waals surface area contributed by atoms with Crippen LogP contribution in [0.5, 0.6) is 0 Å². The molecule has 1 N–H and O–H groups in total. The van der Waals surface area contributed by atoms with Gasteiger partial charge in [-0.05, 0) is 31.2 Å². The zero-order valence-electron chi connectivity index (χ0n) is 14.2. The number of amides is 1. The van der Waals surface area contributed by atoms with Crippen molar-refractivity contribution < 1.29 is 9.32 Å². The monoisotopic (exact) mass is 347 g/mol. The van der Waals surface area contributed by atoms with Gasteiger partial charge < -0.3 is 14.4 Å². The van der Waals surface area contributed by atoms with Crippen LogP contribution in [0.4, 0.5) is 0 Å². The molecule has 0 saturated heterocycles. The summed E-state index contributed by atoms with van der Waals surface area (Å²) in [5.41, 5.74) is 3.15. The van der Waals surface area contributed by atoms with Crippen molar-refractivity contribution in [3.63, 3.8) is 0 Å². The standard InChI is InChI=1S/C19H17N5O2/c1-2-24-16-9-4-3-8-14(16)22-18(24)12-21-19(25)17-11-15(23-26-17)13-7-5-6-10-20-13/h3-11H,2,12H2,1H3,(H,21,25). The maximum absolute atomic E-state index is 12.4. The molecule has 0 fully saturated rings. The van der Waals surface area contributed by atoms with Crippen molar-refractivity contribution in [2.24, 2.45) is 0 Å². The van der Waals surface area contributed by atoms with Crippen molar-refractivity contribution in [1.82, 2.24) is 25.0 Å². The predicted molar refractivity (Wildman–Crippen MR) is 96.3 cm³/mol. The second-order valence-electron chi connectivity index (χ2n) is 5.74. The van der Waals surface area contributed by atoms with Crippen LogP contribution in [-0.2, 0) is 13.1 Å². The van der Waals surface area contributed by atoms with Crippen LogP contribution in [-0.4, -0.2) is 25.6 Å². The number of hydrogen-bond donors (Lipinski definition) is 1. The highest BCUT2D eigenvalue weighted by Gasteiger charge is 2.16. The van der Waals surface area contributed by atoms with Gasteiger partial charge in [-0.2, -0.15) is 0 Å². The zero-order chi connectivity index (χ0) is 17.9. The Kier molecular flexibility index (Phi) is 4.18. The lowest BCUT2D eigenvalue weighted by Crippen LogP contribution is -2.24. The summed E-state index contributed by atoms with van der Waals surface area (Å²) in [7, 11) is 0. The van der Waals surface area contributed by atoms with Gasteiger partial charge in [0.15, 0.2) is 0 Å². The molecule has 7 nitrogen and oxygen atoms in total. The molecule has 0 aliphatic heterocycles. The quantitative estimate of drug-likeness (QED) is 0.600. The van der Waals surface area contributed by atoms with Gasteiger partial charge in [0, 0.05) is 18.8 Å². The summed E-state index contributed by atoms with van der Waals surface area (Å²) in [4.78, 5) is 21.2. The Bertz CT molecular complexity index is 1050. The highest BCUT2D eigenvalue weighted by molar-refractivity contribution is 5.92. The summed E-state index contributed by atoms with van der Waals surface area (Å²) in [6, 6.07) is 15.0. The van der Waals surface area contributed by atoms with Crippen molar-refractivity contribution in [2.75, 3.05) is 0 Å². The molecule has 7 heteroatoms. The van der Waals surface area contributed by atoms with Gasteiger partial charge in [0.05, 0.1) is 23.3 Å². The van der Waals surface area contributed by atoms with Crippen LogP contribution in [0.3, 0.4) is 0 Å². The number of aryl methyl sites for hydroxylation is 1. The van der Waals surface area contributed by atoms with Gasteiger partial charge in [-0.1, -0.05) is 23.4 Å². The number of nitrogens with one attached hydrogen (secondary N) is 1. The number of benzene rings is 1. The number of fused-ring (bicyclic) bond motifs is 1. The molecule has 1 amide bonds. The van der Waals surface area contributed by atoms with Gasteiger partial charge in [0.2, 0.25) is 5.76 Å². The number of imidazole rings is 1. The highest BCUT2D eigenvalue weighted by atomic mass is 16.5. The summed E-state index contributed by atoms with van der Waals surface area (Å²) >= 11 is 0. The lowest BCUT2D eigenvalue weighted by molar-refractivity contribution is 0.0912. The van der Waals surface area contributed by atoms with Gasteiger partial charge in [-0.3, -0.25) is 9.78 Å². The molecule has 0 radical (unpaired) electrons. The first-order chi connectivity index (χ1) is 12.8. The smallest absolute Gasteiger partial charge is 0.290 e. The van der Waals surface area contributed by atoms with Crippen molar-refractivity contribution in [1.29, 1.82) is 0 Å². The maximum Gasteiger partial charge on any atom is 0.290 e. The van der Waals surface area contributed by atoms with Crippen molar-refractivity contribution >= 4 is 16.9 Å². The topological polar surface area (TPSA) is 85.8 Å². The molecular formula is C19H17N5O2. The fraction of sp³-hybridized carbons (Fsp3) is 0.158. The maximum atomic E-state index is 12.4. The van der Waals surface area contributed by atoms with Crippen molar-refractivity contribution in [2.45, 2.75) is 20.0 Å². The molecular weight excluding hydrogens is 330 g/mol. The number of carbonyl (C=O) groups excluding carboxylic acids is 1. The molecule has 0 aliphatic rings. The van der Waals surface area contributed by atoms with Crippen LogP contribution < -0.4 is 5.32 Å². The van der Waals surface area contributed by atoms with Gasteiger partial charge in [-0.25, -0.2) is 4.98 Å². The van der Waals surface area contributed by atoms with E-state index in [2.05, 4.69) is 31.9 Å². The average Bonchev–Trinajstić information content (AvgIpc) is 3.31. The SMILES string of the molecule is CCn1c(CNC(=O)c2cc(-c3ccccn3)no2)nc2ccccc21. The van der Waals surface area contributed by atoms with Crippen molar-refractivity contribution in [3.05, 3.63) is 66.3 Å². The molecule has 4 rings (SSSR count). The zero-order valence-corrected chi connectivity index (χ0v) is 14.2. The van der Waals surface area contributed by atoms with Gasteiger partial charge in [-0.15, -0.1) is 0 Å². The van der Waals surface area contributed by atoms with Crippen LogP contribution in [0.15, 0.2) is 59.3 Å². The minimum Gasteiger partial charge on any atom is -0.350 e. The van der Waals surface area contributed by atoms with Crippen LogP contribution in [0.1, 0.15) is 23.3 Å². The highest BCUT2D eigenvalue weighted by Crippen LogP contribution is 2.17. The second-order valence-corrected chi connectivity index (χ2v) is 5.74. The summed E-state index contributed by atoms with van der Waals surface area (Å²) in [6.45, 7) is 3.13. The minimum atomic E-state index is -0.339. The molecule has 0 saturated carbocycles. The van der Waals surface area contributed by atoms with Gasteiger partial charge in [0.1, 0.15) is 11.5 Å². The van der Waals surface area contributed by atoms with E-state index in [1.54, 1.807) is 12.3 Å². The van der Waals surface area contributed by atoms with E-state index in [4.69, 9.17) is 4.52 Å². The number of pyridine rings is 1. The average molecular weight is 347 g/mol. The molecule has 26 heavy (non-hydrogen) atoms. The molecule has 3 heterocycles. The van der Waals surface area contributed by atoms with Crippen LogP contribution in [0.2, 0.25) is 0 Å². The summed E-state index contributed by atoms with van der Waals surface area (Å²) in [5.74, 6) is 0.603. The van der Waals surface area contributed by atoms with Crippen LogP contribution >= 0.6 is 0 Å². The predicted octanol–water partition coefficient (Wildman–Crippen LogP) is 3.04. The Hall–Kier alpha value is -3.48. The summed E-state index contributed by atoms with van der Waals surface area (Å²) in [5, 5.41) is 6.75. The van der Waals surface area contributed by atoms with E-state index in [0.717, 1.165) is 23.4 Å². The van der Waals surface area contributed by atoms with E-state index in [-0.39, 0.29) is 11.7 Å². The first-order valence-corrected chi connectivity index (χ1v) is 8.36. The third-order valence-electron chi connectivity index (χ3n) is 4.12. The third kappa shape index (κ3) is 2.95. The van der Waals surface area contributed by atoms with Gasteiger partial charge in [0.25, 0.3) is 5.91 Å². The third-order valence-corrected chi connectivity index (χ3v) is 4.12. The molecule has 0 atom stereocenters. The number of carbonyl (C=O) groups is 1. The lowest BCUT2D eigenvalue weighted by Gasteiger charge is -2.06. The van der Waals surface area contributed by atoms with Crippen molar-refractivity contribution in [3.8, 4) is 11.4 Å². The molecule has 4 aromatic rings. The molecule has 0 spiro atoms. The molecule has 3 aromatic heterocycles. The minimum absolute atomic E-state index is 0.143. The number of para-hydroxylation sites is 2. The number of rotatable bonds is 5. The number of hydrogen-bond acceptors (Lipinski definition) is 5. The van der Waals surface area contributed by atoms with E-state index in [1.807, 2.05) is 42.5 Å². The normalized spacial score (nSPS) is 11.0. The van der Waals surface area contributed by atoms with Gasteiger partial charge >= 0.3 is 0 Å². The van der Waals surface area contributed by atoms with E-state index >= 15 is 0 Å². The Morgan fingerprint density at radius 3 is 2.81 bits per heavy atom. The first kappa shape index (κ1) is 16.0. The lowest BCUT2D eigenvalue weighted by atomic mass is 10.2. The summed E-state index contributed by atoms with van der Waals surface area (Å²) in [6.07, 6.45) is 1.67. The van der Waals surface area contributed by atoms with Crippen LogP contribution in [0.25, 0.3) is 22.4 Å². The van der Waals surface area contributed by atoms with E-state index < -0.39 is 0 Å². The van der Waals surface area contributed by atoms with E-state index in [9.17, 15) is 4.79 Å². The molecule has 1 aromatic carbocycles. The largest absolute Gasteiger partial charge is 0.350 e. The summed E-state index contributed by atoms with van der Waals surface area (Å²) < 4.78 is 7.23. The fourth-order valence-electron chi connectivity index (χ4n) is 2.88. The molecule has 130 valence electrons. The molecule has 0 aliphatic carbocycles. The van der Waals surface area contributed by atoms with E-state index in [1.165, 1.54) is 0 Å². The Balaban J connectivity index is 1.50. The Morgan fingerprint density at radius 1 is 1.15 bits per heavy atom. The number of aromatic nitrogens is 4. The fourth-order valence-corrected chi connectivity index (χ4v) is 2.88. The van der Waals surface area contributed by atoms with E-state index in [0.29, 0.717) is 17.9 Å². The Labute approximate surface area is 149 Å². The number of nitrogens with zero attached hydrogens (tertiary/aromatic N) is 4. The Morgan fingerprint density at radius 2 is 2.00 bits per heavy atom. The molecule has 0 unspecified atom stereocenters. The first-order valence-electron chi connectivity index (χ1n) is 8.36. The van der Waals surface area contributed by atoms with Crippen LogP contribution in [0, 0.1) is 0 Å². The molecule has 0 bridgehead atoms.